The van der Waals surface area contributed by atoms with Crippen LogP contribution in [-0.2, 0) is 7.05 Å². The Labute approximate surface area is 94.9 Å². The van der Waals surface area contributed by atoms with E-state index in [0.717, 1.165) is 11.6 Å². The number of nitrogens with zero attached hydrogens (tertiary/aromatic N) is 2. The molecule has 1 heterocycles. The smallest absolute Gasteiger partial charge is 0.121 e. The molecule has 0 aliphatic heterocycles. The number of nitrogen functional groups attached to an aromatic ring is 1. The van der Waals surface area contributed by atoms with Crippen LogP contribution in [0.15, 0.2) is 30.3 Å². The number of rotatable bonds is 2. The van der Waals surface area contributed by atoms with Gasteiger partial charge in [0.1, 0.15) is 5.82 Å². The molecule has 3 heteroatoms. The van der Waals surface area contributed by atoms with E-state index >= 15 is 0 Å². The van der Waals surface area contributed by atoms with Gasteiger partial charge >= 0.3 is 0 Å². The lowest BCUT2D eigenvalue weighted by atomic mass is 10.0. The van der Waals surface area contributed by atoms with Crippen molar-refractivity contribution < 1.29 is 0 Å². The monoisotopic (exact) mass is 213 g/mol. The molecular weight excluding hydrogens is 198 g/mol. The Morgan fingerprint density at radius 3 is 2.69 bits per heavy atom. The highest BCUT2D eigenvalue weighted by atomic mass is 15.3. The summed E-state index contributed by atoms with van der Waals surface area (Å²) in [4.78, 5) is 0. The zero-order valence-corrected chi connectivity index (χ0v) is 9.35. The van der Waals surface area contributed by atoms with Crippen LogP contribution >= 0.6 is 0 Å². The second-order valence-corrected chi connectivity index (χ2v) is 4.44. The molecule has 1 aromatic heterocycles. The van der Waals surface area contributed by atoms with Crippen molar-refractivity contribution in [3.8, 4) is 11.3 Å². The Hall–Kier alpha value is -1.77. The molecule has 1 aliphatic carbocycles. The molecule has 0 amide bonds. The minimum atomic E-state index is 0.709. The van der Waals surface area contributed by atoms with Gasteiger partial charge in [-0.3, -0.25) is 4.68 Å². The van der Waals surface area contributed by atoms with Crippen LogP contribution in [0.25, 0.3) is 11.3 Å². The van der Waals surface area contributed by atoms with Crippen LogP contribution in [0.2, 0.25) is 0 Å². The van der Waals surface area contributed by atoms with E-state index in [0.29, 0.717) is 5.82 Å². The molecule has 0 saturated heterocycles. The van der Waals surface area contributed by atoms with E-state index in [1.165, 1.54) is 24.0 Å². The van der Waals surface area contributed by atoms with E-state index in [9.17, 15) is 0 Å². The Balaban J connectivity index is 2.11. The number of hydrogen-bond acceptors (Lipinski definition) is 2. The van der Waals surface area contributed by atoms with Crippen LogP contribution in [-0.4, -0.2) is 9.78 Å². The first-order valence-corrected chi connectivity index (χ1v) is 5.64. The third-order valence-corrected chi connectivity index (χ3v) is 3.17. The minimum Gasteiger partial charge on any atom is -0.384 e. The SMILES string of the molecule is Cn1nc(-c2ccccc2C2CC2)cc1N. The molecule has 1 aromatic carbocycles. The molecule has 0 unspecified atom stereocenters. The van der Waals surface area contributed by atoms with E-state index in [2.05, 4.69) is 29.4 Å². The summed E-state index contributed by atoms with van der Waals surface area (Å²) in [7, 11) is 1.87. The number of aromatic nitrogens is 2. The number of hydrogen-bond donors (Lipinski definition) is 1. The fourth-order valence-electron chi connectivity index (χ4n) is 2.09. The lowest BCUT2D eigenvalue weighted by Crippen LogP contribution is -1.96. The van der Waals surface area contributed by atoms with E-state index in [4.69, 9.17) is 5.73 Å². The second-order valence-electron chi connectivity index (χ2n) is 4.44. The molecule has 0 spiro atoms. The van der Waals surface area contributed by atoms with E-state index in [-0.39, 0.29) is 0 Å². The predicted octanol–water partition coefficient (Wildman–Crippen LogP) is 2.55. The van der Waals surface area contributed by atoms with E-state index < -0.39 is 0 Å². The van der Waals surface area contributed by atoms with Crippen LogP contribution in [0, 0.1) is 0 Å². The summed E-state index contributed by atoms with van der Waals surface area (Å²) < 4.78 is 1.72. The van der Waals surface area contributed by atoms with Gasteiger partial charge in [0.15, 0.2) is 0 Å². The van der Waals surface area contributed by atoms with Gasteiger partial charge < -0.3 is 5.73 Å². The summed E-state index contributed by atoms with van der Waals surface area (Å²) in [5.74, 6) is 1.44. The van der Waals surface area contributed by atoms with Crippen LogP contribution < -0.4 is 5.73 Å². The van der Waals surface area contributed by atoms with E-state index in [1.54, 1.807) is 4.68 Å². The largest absolute Gasteiger partial charge is 0.384 e. The topological polar surface area (TPSA) is 43.8 Å². The molecule has 1 saturated carbocycles. The van der Waals surface area contributed by atoms with Gasteiger partial charge in [-0.05, 0) is 24.3 Å². The van der Waals surface area contributed by atoms with Gasteiger partial charge in [0.2, 0.25) is 0 Å². The molecular formula is C13H15N3. The van der Waals surface area contributed by atoms with Crippen molar-refractivity contribution >= 4 is 5.82 Å². The molecule has 0 atom stereocenters. The van der Waals surface area contributed by atoms with Gasteiger partial charge in [-0.2, -0.15) is 5.10 Å². The zero-order valence-electron chi connectivity index (χ0n) is 9.35. The molecule has 3 rings (SSSR count). The fourth-order valence-corrected chi connectivity index (χ4v) is 2.09. The molecule has 16 heavy (non-hydrogen) atoms. The maximum Gasteiger partial charge on any atom is 0.121 e. The van der Waals surface area contributed by atoms with Gasteiger partial charge in [-0.25, -0.2) is 0 Å². The number of nitrogens with two attached hydrogens (primary N) is 1. The summed E-state index contributed by atoms with van der Waals surface area (Å²) in [6.07, 6.45) is 2.61. The Morgan fingerprint density at radius 2 is 2.06 bits per heavy atom. The number of aryl methyl sites for hydroxylation is 1. The van der Waals surface area contributed by atoms with Crippen LogP contribution in [0.5, 0.6) is 0 Å². The van der Waals surface area contributed by atoms with Gasteiger partial charge in [0.05, 0.1) is 5.69 Å². The zero-order chi connectivity index (χ0) is 11.1. The highest BCUT2D eigenvalue weighted by Crippen LogP contribution is 2.44. The average Bonchev–Trinajstić information content (AvgIpc) is 3.07. The van der Waals surface area contributed by atoms with Crippen molar-refractivity contribution in [3.05, 3.63) is 35.9 Å². The van der Waals surface area contributed by atoms with Crippen molar-refractivity contribution in [2.75, 3.05) is 5.73 Å². The molecule has 0 bridgehead atoms. The van der Waals surface area contributed by atoms with Gasteiger partial charge in [-0.15, -0.1) is 0 Å². The normalized spacial score (nSPS) is 15.3. The van der Waals surface area contributed by atoms with Gasteiger partial charge in [0.25, 0.3) is 0 Å². The molecule has 82 valence electrons. The van der Waals surface area contributed by atoms with Crippen molar-refractivity contribution in [1.29, 1.82) is 0 Å². The first-order valence-electron chi connectivity index (χ1n) is 5.64. The molecule has 2 N–H and O–H groups in total. The third-order valence-electron chi connectivity index (χ3n) is 3.17. The summed E-state index contributed by atoms with van der Waals surface area (Å²) in [6.45, 7) is 0. The summed E-state index contributed by atoms with van der Waals surface area (Å²) in [6, 6.07) is 10.4. The summed E-state index contributed by atoms with van der Waals surface area (Å²) in [5.41, 5.74) is 9.46. The van der Waals surface area contributed by atoms with Crippen molar-refractivity contribution in [3.63, 3.8) is 0 Å². The summed E-state index contributed by atoms with van der Waals surface area (Å²) in [5, 5.41) is 4.44. The molecule has 2 aromatic rings. The van der Waals surface area contributed by atoms with Crippen LogP contribution in [0.1, 0.15) is 24.3 Å². The highest BCUT2D eigenvalue weighted by molar-refractivity contribution is 5.67. The fraction of sp³-hybridized carbons (Fsp3) is 0.308. The third kappa shape index (κ3) is 1.48. The van der Waals surface area contributed by atoms with Crippen molar-refractivity contribution in [2.45, 2.75) is 18.8 Å². The lowest BCUT2D eigenvalue weighted by molar-refractivity contribution is 0.782. The lowest BCUT2D eigenvalue weighted by Gasteiger charge is -2.04. The summed E-state index contributed by atoms with van der Waals surface area (Å²) >= 11 is 0. The van der Waals surface area contributed by atoms with Crippen LogP contribution in [0.4, 0.5) is 5.82 Å². The van der Waals surface area contributed by atoms with Gasteiger partial charge in [0, 0.05) is 18.7 Å². The predicted molar refractivity (Wildman–Crippen MR) is 65.0 cm³/mol. The van der Waals surface area contributed by atoms with E-state index in [1.807, 2.05) is 13.1 Å². The molecule has 0 radical (unpaired) electrons. The quantitative estimate of drug-likeness (QED) is 0.833. The first-order chi connectivity index (χ1) is 7.75. The maximum absolute atomic E-state index is 5.82. The van der Waals surface area contributed by atoms with Crippen molar-refractivity contribution in [1.82, 2.24) is 9.78 Å². The molecule has 1 aliphatic rings. The minimum absolute atomic E-state index is 0.709. The second kappa shape index (κ2) is 3.37. The highest BCUT2D eigenvalue weighted by Gasteiger charge is 2.26. The first kappa shape index (κ1) is 9.46. The number of benzene rings is 1. The van der Waals surface area contributed by atoms with Gasteiger partial charge in [-0.1, -0.05) is 24.3 Å². The molecule has 3 nitrogen and oxygen atoms in total. The average molecular weight is 213 g/mol. The standard InChI is InChI=1S/C13H15N3/c1-16-13(14)8-12(15-16)11-5-3-2-4-10(11)9-6-7-9/h2-5,8-9H,6-7,14H2,1H3. The van der Waals surface area contributed by atoms with Crippen LogP contribution in [0.3, 0.4) is 0 Å². The Kier molecular flexibility index (Phi) is 1.99. The number of anilines is 1. The maximum atomic E-state index is 5.82. The van der Waals surface area contributed by atoms with Crippen molar-refractivity contribution in [2.24, 2.45) is 7.05 Å². The molecule has 1 fully saturated rings. The Bertz CT molecular complexity index is 504. The Morgan fingerprint density at radius 1 is 1.31 bits per heavy atom.